The largest absolute Gasteiger partial charge is 0.304 e. The summed E-state index contributed by atoms with van der Waals surface area (Å²) >= 11 is 0. The smallest absolute Gasteiger partial charge is 0.0499 e. The number of hydrogen-bond acceptors (Lipinski definition) is 2. The second-order valence-electron chi connectivity index (χ2n) is 4.58. The van der Waals surface area contributed by atoms with E-state index in [9.17, 15) is 0 Å². The SMILES string of the molecule is CCC(CN(C)C)=NC1CCCCC1. The zero-order valence-corrected chi connectivity index (χ0v) is 9.92. The molecule has 1 aliphatic carbocycles. The minimum Gasteiger partial charge on any atom is -0.304 e. The van der Waals surface area contributed by atoms with E-state index in [1.54, 1.807) is 0 Å². The van der Waals surface area contributed by atoms with Gasteiger partial charge in [-0.25, -0.2) is 0 Å². The quantitative estimate of drug-likeness (QED) is 0.631. The Morgan fingerprint density at radius 1 is 1.21 bits per heavy atom. The maximum Gasteiger partial charge on any atom is 0.0499 e. The van der Waals surface area contributed by atoms with Crippen LogP contribution in [0.3, 0.4) is 0 Å². The van der Waals surface area contributed by atoms with Gasteiger partial charge in [0, 0.05) is 18.3 Å². The molecule has 0 aromatic heterocycles. The summed E-state index contributed by atoms with van der Waals surface area (Å²) < 4.78 is 0. The van der Waals surface area contributed by atoms with Crippen molar-refractivity contribution in [1.29, 1.82) is 0 Å². The summed E-state index contributed by atoms with van der Waals surface area (Å²) in [6.07, 6.45) is 7.92. The van der Waals surface area contributed by atoms with Crippen LogP contribution in [-0.2, 0) is 0 Å². The molecule has 1 rings (SSSR count). The van der Waals surface area contributed by atoms with Crippen molar-refractivity contribution >= 4 is 5.71 Å². The summed E-state index contributed by atoms with van der Waals surface area (Å²) in [7, 11) is 4.23. The molecule has 0 atom stereocenters. The van der Waals surface area contributed by atoms with Crippen LogP contribution in [0.2, 0.25) is 0 Å². The maximum absolute atomic E-state index is 4.87. The summed E-state index contributed by atoms with van der Waals surface area (Å²) in [6.45, 7) is 3.25. The van der Waals surface area contributed by atoms with E-state index in [1.165, 1.54) is 37.8 Å². The minimum absolute atomic E-state index is 0.638. The molecule has 0 aromatic carbocycles. The van der Waals surface area contributed by atoms with Crippen LogP contribution < -0.4 is 0 Å². The normalized spacial score (nSPS) is 20.4. The van der Waals surface area contributed by atoms with E-state index in [0.717, 1.165) is 13.0 Å². The predicted molar refractivity (Wildman–Crippen MR) is 63.2 cm³/mol. The second kappa shape index (κ2) is 6.18. The first kappa shape index (κ1) is 11.7. The van der Waals surface area contributed by atoms with Gasteiger partial charge < -0.3 is 4.90 Å². The highest BCUT2D eigenvalue weighted by Crippen LogP contribution is 2.20. The van der Waals surface area contributed by atoms with E-state index in [4.69, 9.17) is 4.99 Å². The Hall–Kier alpha value is -0.370. The van der Waals surface area contributed by atoms with Gasteiger partial charge in [0.25, 0.3) is 0 Å². The Bertz CT molecular complexity index is 179. The van der Waals surface area contributed by atoms with E-state index in [0.29, 0.717) is 6.04 Å². The molecule has 0 spiro atoms. The van der Waals surface area contributed by atoms with Crippen LogP contribution in [0.25, 0.3) is 0 Å². The molecule has 0 aliphatic heterocycles. The monoisotopic (exact) mass is 196 g/mol. The van der Waals surface area contributed by atoms with Crippen molar-refractivity contribution < 1.29 is 0 Å². The van der Waals surface area contributed by atoms with Crippen LogP contribution >= 0.6 is 0 Å². The fourth-order valence-corrected chi connectivity index (χ4v) is 2.08. The molecule has 0 N–H and O–H groups in total. The summed E-state index contributed by atoms with van der Waals surface area (Å²) in [5.41, 5.74) is 1.38. The summed E-state index contributed by atoms with van der Waals surface area (Å²) in [4.78, 5) is 7.08. The van der Waals surface area contributed by atoms with Gasteiger partial charge in [-0.15, -0.1) is 0 Å². The minimum atomic E-state index is 0.638. The fraction of sp³-hybridized carbons (Fsp3) is 0.917. The number of rotatable bonds is 4. The van der Waals surface area contributed by atoms with Crippen LogP contribution in [0, 0.1) is 0 Å². The molecule has 1 saturated carbocycles. The highest BCUT2D eigenvalue weighted by atomic mass is 15.1. The third kappa shape index (κ3) is 4.23. The summed E-state index contributed by atoms with van der Waals surface area (Å²) in [5.74, 6) is 0. The zero-order valence-electron chi connectivity index (χ0n) is 9.92. The number of aliphatic imine (C=N–C) groups is 1. The summed E-state index contributed by atoms with van der Waals surface area (Å²) in [5, 5.41) is 0. The first-order valence-electron chi connectivity index (χ1n) is 5.92. The van der Waals surface area contributed by atoms with Crippen molar-refractivity contribution in [3.05, 3.63) is 0 Å². The van der Waals surface area contributed by atoms with Crippen molar-refractivity contribution in [3.63, 3.8) is 0 Å². The highest BCUT2D eigenvalue weighted by Gasteiger charge is 2.12. The van der Waals surface area contributed by atoms with E-state index in [1.807, 2.05) is 0 Å². The van der Waals surface area contributed by atoms with Gasteiger partial charge >= 0.3 is 0 Å². The molecule has 0 saturated heterocycles. The van der Waals surface area contributed by atoms with Crippen molar-refractivity contribution in [1.82, 2.24) is 4.90 Å². The van der Waals surface area contributed by atoms with Crippen molar-refractivity contribution in [2.45, 2.75) is 51.5 Å². The van der Waals surface area contributed by atoms with Gasteiger partial charge in [0.2, 0.25) is 0 Å². The topological polar surface area (TPSA) is 15.6 Å². The first-order chi connectivity index (χ1) is 6.72. The van der Waals surface area contributed by atoms with Crippen molar-refractivity contribution in [3.8, 4) is 0 Å². The van der Waals surface area contributed by atoms with E-state index >= 15 is 0 Å². The molecule has 0 heterocycles. The van der Waals surface area contributed by atoms with Crippen molar-refractivity contribution in [2.24, 2.45) is 4.99 Å². The zero-order chi connectivity index (χ0) is 10.4. The fourth-order valence-electron chi connectivity index (χ4n) is 2.08. The standard InChI is InChI=1S/C12H24N2/c1-4-11(10-14(2)3)13-12-8-6-5-7-9-12/h12H,4-10H2,1-3H3. The van der Waals surface area contributed by atoms with Gasteiger partial charge in [0.15, 0.2) is 0 Å². The third-order valence-electron chi connectivity index (χ3n) is 2.85. The predicted octanol–water partition coefficient (Wildman–Crippen LogP) is 2.73. The third-order valence-corrected chi connectivity index (χ3v) is 2.85. The second-order valence-corrected chi connectivity index (χ2v) is 4.58. The Morgan fingerprint density at radius 2 is 1.86 bits per heavy atom. The van der Waals surface area contributed by atoms with E-state index in [-0.39, 0.29) is 0 Å². The van der Waals surface area contributed by atoms with Gasteiger partial charge in [-0.2, -0.15) is 0 Å². The van der Waals surface area contributed by atoms with Gasteiger partial charge in [-0.3, -0.25) is 4.99 Å². The van der Waals surface area contributed by atoms with Crippen LogP contribution in [0.4, 0.5) is 0 Å². The molecular formula is C12H24N2. The molecule has 14 heavy (non-hydrogen) atoms. The first-order valence-corrected chi connectivity index (χ1v) is 5.92. The van der Waals surface area contributed by atoms with Crippen molar-refractivity contribution in [2.75, 3.05) is 20.6 Å². The average Bonchev–Trinajstić information content (AvgIpc) is 2.17. The Morgan fingerprint density at radius 3 is 2.36 bits per heavy atom. The van der Waals surface area contributed by atoms with Crippen LogP contribution in [-0.4, -0.2) is 37.3 Å². The Balaban J connectivity index is 2.43. The van der Waals surface area contributed by atoms with E-state index in [2.05, 4.69) is 25.9 Å². The lowest BCUT2D eigenvalue weighted by molar-refractivity contribution is 0.434. The van der Waals surface area contributed by atoms with Crippen LogP contribution in [0.1, 0.15) is 45.4 Å². The summed E-state index contributed by atoms with van der Waals surface area (Å²) in [6, 6.07) is 0.638. The van der Waals surface area contributed by atoms with Crippen LogP contribution in [0.5, 0.6) is 0 Å². The molecule has 0 amide bonds. The Labute approximate surface area is 88.4 Å². The van der Waals surface area contributed by atoms with Crippen LogP contribution in [0.15, 0.2) is 4.99 Å². The Kier molecular flexibility index (Phi) is 5.16. The molecule has 2 nitrogen and oxygen atoms in total. The lowest BCUT2D eigenvalue weighted by atomic mass is 9.96. The number of nitrogens with zero attached hydrogens (tertiary/aromatic N) is 2. The molecule has 1 fully saturated rings. The van der Waals surface area contributed by atoms with E-state index < -0.39 is 0 Å². The van der Waals surface area contributed by atoms with Gasteiger partial charge in [-0.1, -0.05) is 26.2 Å². The molecule has 1 aliphatic rings. The average molecular weight is 196 g/mol. The molecule has 0 radical (unpaired) electrons. The highest BCUT2D eigenvalue weighted by molar-refractivity contribution is 5.86. The molecular weight excluding hydrogens is 172 g/mol. The van der Waals surface area contributed by atoms with Gasteiger partial charge in [0.1, 0.15) is 0 Å². The lowest BCUT2D eigenvalue weighted by Crippen LogP contribution is -2.23. The molecule has 0 unspecified atom stereocenters. The van der Waals surface area contributed by atoms with Gasteiger partial charge in [0.05, 0.1) is 0 Å². The molecule has 2 heteroatoms. The number of hydrogen-bond donors (Lipinski definition) is 0. The lowest BCUT2D eigenvalue weighted by Gasteiger charge is -2.20. The molecule has 82 valence electrons. The maximum atomic E-state index is 4.87. The van der Waals surface area contributed by atoms with Gasteiger partial charge in [-0.05, 0) is 33.4 Å². The molecule has 0 bridgehead atoms. The molecule has 0 aromatic rings.